The van der Waals surface area contributed by atoms with Crippen molar-refractivity contribution in [2.75, 3.05) is 19.8 Å². The number of halogens is 1. The van der Waals surface area contributed by atoms with Crippen molar-refractivity contribution in [2.45, 2.75) is 38.5 Å². The Bertz CT molecular complexity index is 499. The van der Waals surface area contributed by atoms with Crippen LogP contribution in [0.3, 0.4) is 0 Å². The van der Waals surface area contributed by atoms with E-state index in [1.54, 1.807) is 4.90 Å². The van der Waals surface area contributed by atoms with Crippen molar-refractivity contribution in [3.63, 3.8) is 0 Å². The van der Waals surface area contributed by atoms with Gasteiger partial charge in [0.05, 0.1) is 19.3 Å². The minimum absolute atomic E-state index is 0.294. The van der Waals surface area contributed by atoms with Gasteiger partial charge < -0.3 is 14.6 Å². The van der Waals surface area contributed by atoms with Gasteiger partial charge in [0.1, 0.15) is 11.7 Å². The van der Waals surface area contributed by atoms with E-state index < -0.39 is 23.8 Å². The Morgan fingerprint density at radius 2 is 2.29 bits per heavy atom. The Hall–Kier alpha value is -0.630. The van der Waals surface area contributed by atoms with Gasteiger partial charge in [0.2, 0.25) is 0 Å². The van der Waals surface area contributed by atoms with Gasteiger partial charge in [-0.05, 0) is 42.1 Å². The fraction of sp³-hybridized carbons (Fsp3) is 0.643. The molecule has 1 N–H and O–H groups in total. The number of rotatable bonds is 2. The van der Waals surface area contributed by atoms with Crippen molar-refractivity contribution in [1.82, 2.24) is 4.90 Å². The molecule has 1 amide bonds. The second-order valence-corrected chi connectivity index (χ2v) is 7.53. The third kappa shape index (κ3) is 4.18. The van der Waals surface area contributed by atoms with Gasteiger partial charge in [-0.1, -0.05) is 0 Å². The molecule has 2 rings (SSSR count). The van der Waals surface area contributed by atoms with Crippen LogP contribution in [-0.2, 0) is 9.47 Å². The molecule has 1 aromatic heterocycles. The van der Waals surface area contributed by atoms with Gasteiger partial charge in [-0.15, -0.1) is 0 Å². The lowest BCUT2D eigenvalue weighted by molar-refractivity contribution is -0.0673. The lowest BCUT2D eigenvalue weighted by atomic mass is 10.0. The SMILES string of the molecule is CC(C)(C)OC(=O)N1CCOCC1C(O)c1cscc1Br. The van der Waals surface area contributed by atoms with Crippen LogP contribution in [0.15, 0.2) is 15.2 Å². The first-order valence-electron chi connectivity index (χ1n) is 6.76. The lowest BCUT2D eigenvalue weighted by Crippen LogP contribution is -2.52. The van der Waals surface area contributed by atoms with Gasteiger partial charge in [0, 0.05) is 22.0 Å². The second-order valence-electron chi connectivity index (χ2n) is 5.94. The van der Waals surface area contributed by atoms with Crippen LogP contribution in [0.4, 0.5) is 4.79 Å². The third-order valence-corrected chi connectivity index (χ3v) is 4.87. The molecule has 0 aromatic carbocycles. The first kappa shape index (κ1) is 16.7. The number of aliphatic hydroxyl groups excluding tert-OH is 1. The summed E-state index contributed by atoms with van der Waals surface area (Å²) in [5.74, 6) is 0. The van der Waals surface area contributed by atoms with Crippen LogP contribution in [0.5, 0.6) is 0 Å². The quantitative estimate of drug-likeness (QED) is 0.859. The molecule has 2 heterocycles. The zero-order chi connectivity index (χ0) is 15.6. The Morgan fingerprint density at radius 1 is 1.57 bits per heavy atom. The average molecular weight is 378 g/mol. The predicted molar refractivity (Wildman–Crippen MR) is 84.5 cm³/mol. The monoisotopic (exact) mass is 377 g/mol. The van der Waals surface area contributed by atoms with E-state index in [0.29, 0.717) is 19.8 Å². The largest absolute Gasteiger partial charge is 0.444 e. The van der Waals surface area contributed by atoms with Gasteiger partial charge in [-0.2, -0.15) is 11.3 Å². The van der Waals surface area contributed by atoms with Crippen LogP contribution in [0.25, 0.3) is 0 Å². The molecule has 0 bridgehead atoms. The molecule has 0 radical (unpaired) electrons. The molecule has 0 spiro atoms. The van der Waals surface area contributed by atoms with E-state index in [1.807, 2.05) is 31.5 Å². The normalized spacial score (nSPS) is 21.2. The first-order valence-corrected chi connectivity index (χ1v) is 8.50. The Balaban J connectivity index is 2.15. The molecule has 0 aliphatic carbocycles. The molecule has 118 valence electrons. The van der Waals surface area contributed by atoms with E-state index in [0.717, 1.165) is 10.0 Å². The highest BCUT2D eigenvalue weighted by molar-refractivity contribution is 9.10. The van der Waals surface area contributed by atoms with E-state index in [2.05, 4.69) is 15.9 Å². The summed E-state index contributed by atoms with van der Waals surface area (Å²) in [6.45, 7) is 6.64. The highest BCUT2D eigenvalue weighted by Crippen LogP contribution is 2.32. The number of amides is 1. The number of thiophene rings is 1. The van der Waals surface area contributed by atoms with Gasteiger partial charge in [0.25, 0.3) is 0 Å². The predicted octanol–water partition coefficient (Wildman–Crippen LogP) is 3.18. The van der Waals surface area contributed by atoms with E-state index in [9.17, 15) is 9.90 Å². The van der Waals surface area contributed by atoms with Gasteiger partial charge in [-0.25, -0.2) is 4.79 Å². The number of nitrogens with zero attached hydrogens (tertiary/aromatic N) is 1. The van der Waals surface area contributed by atoms with Crippen molar-refractivity contribution >= 4 is 33.4 Å². The molecule has 7 heteroatoms. The Kier molecular flexibility index (Phi) is 5.29. The number of hydrogen-bond acceptors (Lipinski definition) is 5. The maximum atomic E-state index is 12.3. The van der Waals surface area contributed by atoms with Crippen molar-refractivity contribution in [3.8, 4) is 0 Å². The van der Waals surface area contributed by atoms with E-state index in [1.165, 1.54) is 11.3 Å². The number of hydrogen-bond donors (Lipinski definition) is 1. The fourth-order valence-corrected chi connectivity index (χ4v) is 3.70. The molecule has 1 aromatic rings. The fourth-order valence-electron chi connectivity index (χ4n) is 2.14. The summed E-state index contributed by atoms with van der Waals surface area (Å²) in [5, 5.41) is 14.4. The van der Waals surface area contributed by atoms with Gasteiger partial charge >= 0.3 is 6.09 Å². The van der Waals surface area contributed by atoms with E-state index in [4.69, 9.17) is 9.47 Å². The van der Waals surface area contributed by atoms with Crippen LogP contribution >= 0.6 is 27.3 Å². The number of ether oxygens (including phenoxy) is 2. The summed E-state index contributed by atoms with van der Waals surface area (Å²) in [5.41, 5.74) is 0.206. The summed E-state index contributed by atoms with van der Waals surface area (Å²) in [7, 11) is 0. The maximum Gasteiger partial charge on any atom is 0.410 e. The molecule has 1 aliphatic heterocycles. The topological polar surface area (TPSA) is 59.0 Å². The molecule has 1 fully saturated rings. The Morgan fingerprint density at radius 3 is 2.86 bits per heavy atom. The van der Waals surface area contributed by atoms with E-state index in [-0.39, 0.29) is 0 Å². The molecule has 1 saturated heterocycles. The molecule has 5 nitrogen and oxygen atoms in total. The van der Waals surface area contributed by atoms with Gasteiger partial charge in [-0.3, -0.25) is 4.90 Å². The summed E-state index contributed by atoms with van der Waals surface area (Å²) >= 11 is 4.91. The summed E-state index contributed by atoms with van der Waals surface area (Å²) in [6.07, 6.45) is -1.22. The molecule has 1 aliphatic rings. The van der Waals surface area contributed by atoms with Crippen LogP contribution < -0.4 is 0 Å². The second kappa shape index (κ2) is 6.64. The average Bonchev–Trinajstić information content (AvgIpc) is 2.82. The standard InChI is InChI=1S/C14H20BrNO4S/c1-14(2,3)20-13(18)16-4-5-19-6-11(16)12(17)9-7-21-8-10(9)15/h7-8,11-12,17H,4-6H2,1-3H3. The first-order chi connectivity index (χ1) is 9.79. The number of morpholine rings is 1. The zero-order valence-electron chi connectivity index (χ0n) is 12.3. The van der Waals surface area contributed by atoms with Crippen molar-refractivity contribution < 1.29 is 19.4 Å². The summed E-state index contributed by atoms with van der Waals surface area (Å²) in [4.78, 5) is 13.9. The summed E-state index contributed by atoms with van der Waals surface area (Å²) in [6, 6.07) is -0.445. The minimum atomic E-state index is -0.807. The zero-order valence-corrected chi connectivity index (χ0v) is 14.7. The number of carbonyl (C=O) groups is 1. The molecule has 0 saturated carbocycles. The highest BCUT2D eigenvalue weighted by atomic mass is 79.9. The molecule has 2 unspecified atom stereocenters. The van der Waals surface area contributed by atoms with Crippen LogP contribution in [0.2, 0.25) is 0 Å². The van der Waals surface area contributed by atoms with Crippen molar-refractivity contribution in [3.05, 3.63) is 20.8 Å². The van der Waals surface area contributed by atoms with Crippen molar-refractivity contribution in [2.24, 2.45) is 0 Å². The molecular formula is C14H20BrNO4S. The van der Waals surface area contributed by atoms with Crippen LogP contribution in [0.1, 0.15) is 32.4 Å². The van der Waals surface area contributed by atoms with Crippen LogP contribution in [0, 0.1) is 0 Å². The number of aliphatic hydroxyl groups is 1. The summed E-state index contributed by atoms with van der Waals surface area (Å²) < 4.78 is 11.7. The van der Waals surface area contributed by atoms with Gasteiger partial charge in [0.15, 0.2) is 0 Å². The Labute approximate surface area is 137 Å². The third-order valence-electron chi connectivity index (χ3n) is 3.12. The number of carbonyl (C=O) groups excluding carboxylic acids is 1. The van der Waals surface area contributed by atoms with Crippen molar-refractivity contribution in [1.29, 1.82) is 0 Å². The smallest absolute Gasteiger partial charge is 0.410 e. The highest BCUT2D eigenvalue weighted by Gasteiger charge is 2.36. The molecule has 2 atom stereocenters. The minimum Gasteiger partial charge on any atom is -0.444 e. The molecule has 21 heavy (non-hydrogen) atoms. The van der Waals surface area contributed by atoms with Crippen LogP contribution in [-0.4, -0.2) is 47.5 Å². The van der Waals surface area contributed by atoms with E-state index >= 15 is 0 Å². The molecular weight excluding hydrogens is 358 g/mol. The lowest BCUT2D eigenvalue weighted by Gasteiger charge is -2.38. The maximum absolute atomic E-state index is 12.3.